The fourth-order valence-electron chi connectivity index (χ4n) is 4.02. The molecule has 1 aliphatic heterocycles. The van der Waals surface area contributed by atoms with E-state index in [1.54, 1.807) is 11.3 Å². The van der Waals surface area contributed by atoms with Gasteiger partial charge in [-0.1, -0.05) is 6.92 Å². The maximum atomic E-state index is 12.9. The zero-order chi connectivity index (χ0) is 24.2. The Kier molecular flexibility index (Phi) is 7.43. The summed E-state index contributed by atoms with van der Waals surface area (Å²) >= 11 is 1.71. The largest absolute Gasteiger partial charge is 0.491 e. The number of anilines is 1. The Bertz CT molecular complexity index is 1200. The minimum Gasteiger partial charge on any atom is -0.491 e. The molecule has 9 heteroatoms. The highest BCUT2D eigenvalue weighted by molar-refractivity contribution is 7.15. The van der Waals surface area contributed by atoms with E-state index in [9.17, 15) is 4.79 Å². The molecule has 3 aromatic rings. The zero-order valence-electron chi connectivity index (χ0n) is 20.3. The fraction of sp³-hybridized carbons (Fsp3) is 0.440. The van der Waals surface area contributed by atoms with Crippen LogP contribution in [-0.2, 0) is 9.53 Å². The van der Waals surface area contributed by atoms with E-state index in [1.165, 1.54) is 10.4 Å². The number of nitrogens with zero attached hydrogens (tertiary/aromatic N) is 4. The molecule has 0 unspecified atom stereocenters. The summed E-state index contributed by atoms with van der Waals surface area (Å²) in [6.07, 6.45) is 1.17. The van der Waals surface area contributed by atoms with Crippen LogP contribution in [0.25, 0.3) is 5.00 Å². The highest BCUT2D eigenvalue weighted by Crippen LogP contribution is 2.38. The third-order valence-electron chi connectivity index (χ3n) is 5.79. The Hall–Kier alpha value is -3.04. The second-order valence-corrected chi connectivity index (χ2v) is 9.58. The van der Waals surface area contributed by atoms with Crippen LogP contribution in [-0.4, -0.2) is 46.2 Å². The van der Waals surface area contributed by atoms with Crippen LogP contribution in [0, 0.1) is 20.8 Å². The number of hydrogen-bond acceptors (Lipinski definition) is 7. The zero-order valence-corrected chi connectivity index (χ0v) is 21.2. The van der Waals surface area contributed by atoms with E-state index in [1.807, 2.05) is 42.7 Å². The molecule has 180 valence electrons. The summed E-state index contributed by atoms with van der Waals surface area (Å²) in [6.45, 7) is 12.0. The maximum absolute atomic E-state index is 12.9. The Balaban J connectivity index is 1.44. The summed E-state index contributed by atoms with van der Waals surface area (Å²) in [7, 11) is 0. The number of aromatic nitrogens is 3. The van der Waals surface area contributed by atoms with Gasteiger partial charge in [-0.15, -0.1) is 21.5 Å². The summed E-state index contributed by atoms with van der Waals surface area (Å²) in [5.41, 5.74) is 3.95. The van der Waals surface area contributed by atoms with E-state index in [-0.39, 0.29) is 12.3 Å². The Morgan fingerprint density at radius 1 is 1.09 bits per heavy atom. The van der Waals surface area contributed by atoms with Gasteiger partial charge in [0.2, 0.25) is 5.91 Å². The number of nitrogens with one attached hydrogen (secondary N) is 1. The monoisotopic (exact) mass is 481 g/mol. The van der Waals surface area contributed by atoms with E-state index < -0.39 is 6.04 Å². The van der Waals surface area contributed by atoms with Gasteiger partial charge in [0.1, 0.15) is 29.2 Å². The molecule has 8 nitrogen and oxygen atoms in total. The van der Waals surface area contributed by atoms with Gasteiger partial charge in [0.25, 0.3) is 0 Å². The van der Waals surface area contributed by atoms with E-state index in [0.29, 0.717) is 24.7 Å². The highest BCUT2D eigenvalue weighted by atomic mass is 32.1. The van der Waals surface area contributed by atoms with Gasteiger partial charge in [0.15, 0.2) is 5.82 Å². The average molecular weight is 482 g/mol. The molecule has 0 saturated carbocycles. The summed E-state index contributed by atoms with van der Waals surface area (Å²) in [4.78, 5) is 19.1. The summed E-state index contributed by atoms with van der Waals surface area (Å²) < 4.78 is 13.1. The van der Waals surface area contributed by atoms with Gasteiger partial charge in [0.05, 0.1) is 13.0 Å². The van der Waals surface area contributed by atoms with Crippen molar-refractivity contribution >= 4 is 28.6 Å². The van der Waals surface area contributed by atoms with Crippen LogP contribution < -0.4 is 10.1 Å². The molecule has 34 heavy (non-hydrogen) atoms. The lowest BCUT2D eigenvalue weighted by Gasteiger charge is -2.13. The third kappa shape index (κ3) is 5.05. The lowest BCUT2D eigenvalue weighted by atomic mass is 10.1. The van der Waals surface area contributed by atoms with Crippen LogP contribution in [0.5, 0.6) is 5.75 Å². The first-order valence-corrected chi connectivity index (χ1v) is 12.4. The Morgan fingerprint density at radius 2 is 1.85 bits per heavy atom. The van der Waals surface area contributed by atoms with E-state index in [2.05, 4.69) is 36.3 Å². The molecule has 1 aliphatic rings. The number of ether oxygens (including phenoxy) is 2. The number of rotatable bonds is 9. The molecular formula is C25H31N5O3S. The standard InChI is InChI=1S/C25H31N5O3S/c1-6-11-32-12-13-33-20-9-7-19(8-10-20)27-22(31)14-21-24-29-28-18(5)30(24)25-23(16(3)26-21)15(2)17(4)34-25/h7-10,21H,6,11-14H2,1-5H3,(H,27,31)/t21-/m0/s1. The van der Waals surface area contributed by atoms with Crippen molar-refractivity contribution in [1.82, 2.24) is 14.8 Å². The number of carbonyl (C=O) groups is 1. The number of benzene rings is 1. The molecule has 0 spiro atoms. The molecule has 0 saturated heterocycles. The number of fused-ring (bicyclic) bond motifs is 3. The molecule has 1 amide bonds. The number of amides is 1. The van der Waals surface area contributed by atoms with Gasteiger partial charge >= 0.3 is 0 Å². The van der Waals surface area contributed by atoms with Crippen molar-refractivity contribution in [3.05, 3.63) is 51.9 Å². The first-order chi connectivity index (χ1) is 16.4. The van der Waals surface area contributed by atoms with Gasteiger partial charge < -0.3 is 14.8 Å². The van der Waals surface area contributed by atoms with Gasteiger partial charge in [0, 0.05) is 28.4 Å². The lowest BCUT2D eigenvalue weighted by molar-refractivity contribution is -0.116. The third-order valence-corrected chi connectivity index (χ3v) is 6.98. The molecule has 2 aromatic heterocycles. The average Bonchev–Trinajstić information content (AvgIpc) is 3.29. The second-order valence-electron chi connectivity index (χ2n) is 8.37. The SMILES string of the molecule is CCCOCCOc1ccc(NC(=O)C[C@@H]2N=C(C)c3c(sc(C)c3C)-n3c(C)nnc32)cc1. The highest BCUT2D eigenvalue weighted by Gasteiger charge is 2.30. The first kappa shape index (κ1) is 24.1. The molecule has 1 atom stereocenters. The molecule has 0 aliphatic carbocycles. The lowest BCUT2D eigenvalue weighted by Crippen LogP contribution is -2.17. The van der Waals surface area contributed by atoms with Crippen molar-refractivity contribution in [3.63, 3.8) is 0 Å². The van der Waals surface area contributed by atoms with Crippen molar-refractivity contribution in [3.8, 4) is 10.8 Å². The van der Waals surface area contributed by atoms with Crippen molar-refractivity contribution in [2.45, 2.75) is 53.5 Å². The number of aryl methyl sites for hydroxylation is 2. The Labute approximate surface area is 204 Å². The van der Waals surface area contributed by atoms with Crippen molar-refractivity contribution in [2.75, 3.05) is 25.1 Å². The fourth-order valence-corrected chi connectivity index (χ4v) is 5.28. The summed E-state index contributed by atoms with van der Waals surface area (Å²) in [5, 5.41) is 12.7. The van der Waals surface area contributed by atoms with Crippen LogP contribution in [0.3, 0.4) is 0 Å². The summed E-state index contributed by atoms with van der Waals surface area (Å²) in [6, 6.07) is 6.93. The minimum absolute atomic E-state index is 0.131. The molecule has 0 bridgehead atoms. The normalized spacial score (nSPS) is 14.7. The molecule has 0 fully saturated rings. The van der Waals surface area contributed by atoms with Crippen LogP contribution >= 0.6 is 11.3 Å². The molecule has 1 N–H and O–H groups in total. The van der Waals surface area contributed by atoms with Gasteiger partial charge in [-0.3, -0.25) is 14.4 Å². The van der Waals surface area contributed by atoms with Gasteiger partial charge in [-0.2, -0.15) is 0 Å². The molecule has 1 aromatic carbocycles. The number of hydrogen-bond donors (Lipinski definition) is 1. The number of thiophene rings is 1. The Morgan fingerprint density at radius 3 is 2.59 bits per heavy atom. The van der Waals surface area contributed by atoms with Crippen molar-refractivity contribution in [2.24, 2.45) is 4.99 Å². The molecule has 0 radical (unpaired) electrons. The van der Waals surface area contributed by atoms with Gasteiger partial charge in [-0.25, -0.2) is 0 Å². The van der Waals surface area contributed by atoms with Crippen LogP contribution in [0.1, 0.15) is 60.4 Å². The predicted octanol–water partition coefficient (Wildman–Crippen LogP) is 4.95. The first-order valence-electron chi connectivity index (χ1n) is 11.6. The molecule has 4 rings (SSSR count). The van der Waals surface area contributed by atoms with Crippen molar-refractivity contribution in [1.29, 1.82) is 0 Å². The maximum Gasteiger partial charge on any atom is 0.227 e. The topological polar surface area (TPSA) is 90.6 Å². The smallest absolute Gasteiger partial charge is 0.227 e. The predicted molar refractivity (Wildman–Crippen MR) is 135 cm³/mol. The minimum atomic E-state index is -0.411. The number of aliphatic imine (C=N–C) groups is 1. The van der Waals surface area contributed by atoms with Crippen LogP contribution in [0.2, 0.25) is 0 Å². The van der Waals surface area contributed by atoms with E-state index in [0.717, 1.165) is 40.9 Å². The van der Waals surface area contributed by atoms with Crippen molar-refractivity contribution < 1.29 is 14.3 Å². The second kappa shape index (κ2) is 10.5. The van der Waals surface area contributed by atoms with E-state index >= 15 is 0 Å². The van der Waals surface area contributed by atoms with Gasteiger partial charge in [-0.05, 0) is 63.9 Å². The summed E-state index contributed by atoms with van der Waals surface area (Å²) in [5.74, 6) is 2.10. The molecule has 3 heterocycles. The van der Waals surface area contributed by atoms with Crippen LogP contribution in [0.15, 0.2) is 29.3 Å². The van der Waals surface area contributed by atoms with E-state index in [4.69, 9.17) is 14.5 Å². The molecular weight excluding hydrogens is 450 g/mol. The number of carbonyl (C=O) groups excluding carboxylic acids is 1. The quantitative estimate of drug-likeness (QED) is 0.437. The van der Waals surface area contributed by atoms with Crippen LogP contribution in [0.4, 0.5) is 5.69 Å².